The van der Waals surface area contributed by atoms with Crippen molar-refractivity contribution in [3.8, 4) is 5.69 Å². The second kappa shape index (κ2) is 10.8. The number of para-hydroxylation sites is 1. The molecule has 1 fully saturated rings. The maximum Gasteiger partial charge on any atom is 0.259 e. The van der Waals surface area contributed by atoms with Crippen LogP contribution in [0.2, 0.25) is 5.02 Å². The van der Waals surface area contributed by atoms with Crippen LogP contribution in [-0.4, -0.2) is 54.0 Å². The zero-order valence-corrected chi connectivity index (χ0v) is 23.6. The Bertz CT molecular complexity index is 1690. The number of benzene rings is 3. The average Bonchev–Trinajstić information content (AvgIpc) is 3.58. The van der Waals surface area contributed by atoms with E-state index in [0.717, 1.165) is 63.7 Å². The fraction of sp³-hybridized carbons (Fsp3) is 0.194. The molecule has 0 spiro atoms. The first-order chi connectivity index (χ1) is 19.3. The molecule has 204 valence electrons. The predicted molar refractivity (Wildman–Crippen MR) is 161 cm³/mol. The normalized spacial score (nSPS) is 17.9. The molecular formula is C31H27ClF2N4OS. The van der Waals surface area contributed by atoms with Gasteiger partial charge in [-0.05, 0) is 69.5 Å². The minimum atomic E-state index is -0.982. The zero-order valence-electron chi connectivity index (χ0n) is 22.0. The molecule has 0 radical (unpaired) electrons. The van der Waals surface area contributed by atoms with Crippen LogP contribution < -0.4 is 5.32 Å². The fourth-order valence-corrected chi connectivity index (χ4v) is 6.58. The number of hydrogen-bond acceptors (Lipinski definition) is 4. The standard InChI is InChI=1S/C31H27ClF2N4OS/c1-36(2)12-5-13-37-18-22(40-31(37)29-24-15-25(33)26(34)16-27(24)35-30(29)39)14-19-17-38(21-10-8-20(32)9-11-21)28-7-4-3-6-23(19)28/h3-4,6-11,14-17H,5,12-13,18H2,1-2H3,(H,35,39). The van der Waals surface area contributed by atoms with Crippen LogP contribution in [0.25, 0.3) is 28.2 Å². The third kappa shape index (κ3) is 5.03. The van der Waals surface area contributed by atoms with Gasteiger partial charge in [0.25, 0.3) is 5.91 Å². The largest absolute Gasteiger partial charge is 0.361 e. The Morgan fingerprint density at radius 2 is 1.82 bits per heavy atom. The molecule has 1 amide bonds. The van der Waals surface area contributed by atoms with Gasteiger partial charge in [-0.15, -0.1) is 0 Å². The Labute approximate surface area is 240 Å². The number of halogens is 3. The molecule has 0 unspecified atom stereocenters. The van der Waals surface area contributed by atoms with Gasteiger partial charge < -0.3 is 19.7 Å². The maximum atomic E-state index is 14.2. The number of hydrogen-bond donors (Lipinski definition) is 1. The van der Waals surface area contributed by atoms with Gasteiger partial charge in [0.1, 0.15) is 0 Å². The summed E-state index contributed by atoms with van der Waals surface area (Å²) in [5, 5.41) is 5.26. The first-order valence-corrected chi connectivity index (χ1v) is 14.2. The highest BCUT2D eigenvalue weighted by atomic mass is 35.5. The van der Waals surface area contributed by atoms with E-state index in [0.29, 0.717) is 28.4 Å². The monoisotopic (exact) mass is 576 g/mol. The molecule has 40 heavy (non-hydrogen) atoms. The molecule has 0 atom stereocenters. The highest BCUT2D eigenvalue weighted by Gasteiger charge is 2.35. The third-order valence-corrected chi connectivity index (χ3v) is 8.49. The topological polar surface area (TPSA) is 40.5 Å². The number of carbonyl (C=O) groups is 1. The average molecular weight is 577 g/mol. The van der Waals surface area contributed by atoms with Crippen LogP contribution in [0.15, 0.2) is 76.8 Å². The van der Waals surface area contributed by atoms with Gasteiger partial charge >= 0.3 is 0 Å². The molecule has 1 aromatic heterocycles. The van der Waals surface area contributed by atoms with Gasteiger partial charge in [0, 0.05) is 57.5 Å². The Hall–Kier alpha value is -3.59. The number of carbonyl (C=O) groups excluding carboxylic acids is 1. The number of thioether (sulfide) groups is 1. The summed E-state index contributed by atoms with van der Waals surface area (Å²) in [5.41, 5.74) is 4.20. The first kappa shape index (κ1) is 26.6. The van der Waals surface area contributed by atoms with Crippen LogP contribution in [0.1, 0.15) is 17.5 Å². The lowest BCUT2D eigenvalue weighted by molar-refractivity contribution is -0.110. The number of nitrogens with zero attached hydrogens (tertiary/aromatic N) is 3. The zero-order chi connectivity index (χ0) is 28.0. The molecule has 4 aromatic rings. The van der Waals surface area contributed by atoms with Gasteiger partial charge in [0.2, 0.25) is 0 Å². The molecule has 2 aliphatic heterocycles. The third-order valence-electron chi connectivity index (χ3n) is 7.08. The van der Waals surface area contributed by atoms with Crippen LogP contribution in [0.3, 0.4) is 0 Å². The quantitative estimate of drug-likeness (QED) is 0.246. The smallest absolute Gasteiger partial charge is 0.259 e. The van der Waals surface area contributed by atoms with Crippen molar-refractivity contribution in [1.82, 2.24) is 14.4 Å². The summed E-state index contributed by atoms with van der Waals surface area (Å²) in [6.45, 7) is 2.23. The van der Waals surface area contributed by atoms with Crippen molar-refractivity contribution < 1.29 is 13.6 Å². The Kier molecular flexibility index (Phi) is 7.16. The van der Waals surface area contributed by atoms with E-state index in [1.807, 2.05) is 50.5 Å². The van der Waals surface area contributed by atoms with Crippen LogP contribution in [0.4, 0.5) is 14.5 Å². The van der Waals surface area contributed by atoms with Crippen molar-refractivity contribution in [1.29, 1.82) is 0 Å². The maximum absolute atomic E-state index is 14.2. The Morgan fingerprint density at radius 3 is 2.60 bits per heavy atom. The predicted octanol–water partition coefficient (Wildman–Crippen LogP) is 7.22. The molecule has 3 heterocycles. The molecule has 1 N–H and O–H groups in total. The number of aromatic nitrogens is 1. The minimum Gasteiger partial charge on any atom is -0.361 e. The van der Waals surface area contributed by atoms with Crippen molar-refractivity contribution in [2.45, 2.75) is 6.42 Å². The van der Waals surface area contributed by atoms with E-state index >= 15 is 0 Å². The molecule has 0 saturated carbocycles. The number of rotatable bonds is 6. The number of amides is 1. The van der Waals surface area contributed by atoms with E-state index in [-0.39, 0.29) is 5.91 Å². The molecule has 1 saturated heterocycles. The first-order valence-electron chi connectivity index (χ1n) is 13.0. The van der Waals surface area contributed by atoms with E-state index in [1.54, 1.807) is 0 Å². The van der Waals surface area contributed by atoms with Crippen molar-refractivity contribution in [3.05, 3.63) is 105 Å². The van der Waals surface area contributed by atoms with Crippen molar-refractivity contribution >= 4 is 57.5 Å². The lowest BCUT2D eigenvalue weighted by Crippen LogP contribution is -2.25. The summed E-state index contributed by atoms with van der Waals surface area (Å²) in [5.74, 6) is -2.30. The van der Waals surface area contributed by atoms with Gasteiger partial charge in [-0.1, -0.05) is 41.6 Å². The summed E-state index contributed by atoms with van der Waals surface area (Å²) in [4.78, 5) is 18.5. The lowest BCUT2D eigenvalue weighted by Gasteiger charge is -2.21. The van der Waals surface area contributed by atoms with Crippen molar-refractivity contribution in [3.63, 3.8) is 0 Å². The van der Waals surface area contributed by atoms with Crippen LogP contribution in [0.5, 0.6) is 0 Å². The summed E-state index contributed by atoms with van der Waals surface area (Å²) in [6.07, 6.45) is 5.16. The molecule has 9 heteroatoms. The second-order valence-corrected chi connectivity index (χ2v) is 11.7. The van der Waals surface area contributed by atoms with Gasteiger partial charge in [0.15, 0.2) is 11.6 Å². The molecular weight excluding hydrogens is 550 g/mol. The Balaban J connectivity index is 1.42. The van der Waals surface area contributed by atoms with E-state index < -0.39 is 11.6 Å². The highest BCUT2D eigenvalue weighted by molar-refractivity contribution is 8.07. The van der Waals surface area contributed by atoms with Gasteiger partial charge in [0.05, 0.1) is 21.8 Å². The fourth-order valence-electron chi connectivity index (χ4n) is 5.21. The highest BCUT2D eigenvalue weighted by Crippen LogP contribution is 2.46. The van der Waals surface area contributed by atoms with E-state index in [1.165, 1.54) is 11.8 Å². The number of nitrogens with one attached hydrogen (secondary N) is 1. The van der Waals surface area contributed by atoms with E-state index in [4.69, 9.17) is 11.6 Å². The van der Waals surface area contributed by atoms with Crippen molar-refractivity contribution in [2.75, 3.05) is 39.0 Å². The van der Waals surface area contributed by atoms with Gasteiger partial charge in [-0.2, -0.15) is 0 Å². The summed E-state index contributed by atoms with van der Waals surface area (Å²) in [7, 11) is 4.05. The summed E-state index contributed by atoms with van der Waals surface area (Å²) >= 11 is 7.64. The number of anilines is 1. The van der Waals surface area contributed by atoms with Gasteiger partial charge in [-0.25, -0.2) is 8.78 Å². The second-order valence-electron chi connectivity index (χ2n) is 10.2. The van der Waals surface area contributed by atoms with Crippen LogP contribution in [0, 0.1) is 11.6 Å². The van der Waals surface area contributed by atoms with E-state index in [2.05, 4.69) is 44.1 Å². The SMILES string of the molecule is CN(C)CCCN1CC(=Cc2cn(-c3ccc(Cl)cc3)c3ccccc23)SC1=C1C(=O)Nc2cc(F)c(F)cc21. The molecule has 5 nitrogen and oxygen atoms in total. The summed E-state index contributed by atoms with van der Waals surface area (Å²) < 4.78 is 30.3. The number of fused-ring (bicyclic) bond motifs is 2. The Morgan fingerprint density at radius 1 is 1.07 bits per heavy atom. The molecule has 2 aliphatic rings. The van der Waals surface area contributed by atoms with Crippen molar-refractivity contribution in [2.24, 2.45) is 0 Å². The summed E-state index contributed by atoms with van der Waals surface area (Å²) in [6, 6.07) is 18.1. The molecule has 6 rings (SSSR count). The molecule has 0 bridgehead atoms. The lowest BCUT2D eigenvalue weighted by atomic mass is 10.1. The molecule has 3 aromatic carbocycles. The van der Waals surface area contributed by atoms with E-state index in [9.17, 15) is 13.6 Å². The minimum absolute atomic E-state index is 0.295. The van der Waals surface area contributed by atoms with Crippen LogP contribution >= 0.6 is 23.4 Å². The van der Waals surface area contributed by atoms with Gasteiger partial charge in [-0.3, -0.25) is 4.79 Å². The molecule has 0 aliphatic carbocycles. The van der Waals surface area contributed by atoms with Crippen LogP contribution in [-0.2, 0) is 4.79 Å².